The molecular weight excluding hydrogens is 218 g/mol. The van der Waals surface area contributed by atoms with Crippen molar-refractivity contribution in [3.05, 3.63) is 0 Å². The summed E-state index contributed by atoms with van der Waals surface area (Å²) in [4.78, 5) is 22.6. The van der Waals surface area contributed by atoms with E-state index in [2.05, 4.69) is 16.0 Å². The Bertz CT molecular complexity index is 264. The van der Waals surface area contributed by atoms with Crippen molar-refractivity contribution in [3.8, 4) is 0 Å². The Morgan fingerprint density at radius 2 is 2.06 bits per heavy atom. The highest BCUT2D eigenvalue weighted by Gasteiger charge is 2.20. The zero-order valence-electron chi connectivity index (χ0n) is 10.7. The molecule has 3 N–H and O–H groups in total. The Hall–Kier alpha value is -1.10. The molecule has 0 aliphatic heterocycles. The first kappa shape index (κ1) is 14.0. The molecule has 17 heavy (non-hydrogen) atoms. The van der Waals surface area contributed by atoms with Gasteiger partial charge in [0, 0.05) is 6.54 Å². The summed E-state index contributed by atoms with van der Waals surface area (Å²) in [6.07, 6.45) is 5.08. The molecule has 1 aliphatic rings. The summed E-state index contributed by atoms with van der Waals surface area (Å²) in [5, 5.41) is 7.94. The van der Waals surface area contributed by atoms with Crippen molar-refractivity contribution in [2.75, 3.05) is 13.1 Å². The molecule has 1 aliphatic carbocycles. The van der Waals surface area contributed by atoms with Crippen molar-refractivity contribution in [3.63, 3.8) is 0 Å². The standard InChI is InChI=1S/C12H23N3O2/c1-3-13-12(17)15-11(16)9(2)14-8-4-5-10-6-7-10/h9-10,14H,3-8H2,1-2H3,(H2,13,15,16,17). The molecule has 5 nitrogen and oxygen atoms in total. The van der Waals surface area contributed by atoms with E-state index in [1.54, 1.807) is 6.92 Å². The molecule has 0 aromatic rings. The third kappa shape index (κ3) is 6.26. The molecule has 1 atom stereocenters. The lowest BCUT2D eigenvalue weighted by Gasteiger charge is -2.13. The Labute approximate surface area is 103 Å². The molecule has 3 amide bonds. The third-order valence-electron chi connectivity index (χ3n) is 2.90. The first-order valence-corrected chi connectivity index (χ1v) is 6.45. The Morgan fingerprint density at radius 1 is 1.35 bits per heavy atom. The minimum Gasteiger partial charge on any atom is -0.338 e. The normalized spacial score (nSPS) is 16.4. The highest BCUT2D eigenvalue weighted by atomic mass is 16.2. The average Bonchev–Trinajstić information content (AvgIpc) is 3.08. The lowest BCUT2D eigenvalue weighted by molar-refractivity contribution is -0.121. The fraction of sp³-hybridized carbons (Fsp3) is 0.833. The Kier molecular flexibility index (Phi) is 5.97. The number of hydrogen-bond acceptors (Lipinski definition) is 3. The predicted octanol–water partition coefficient (Wildman–Crippen LogP) is 1.00. The number of carbonyl (C=O) groups excluding carboxylic acids is 2. The maximum Gasteiger partial charge on any atom is 0.321 e. The second kappa shape index (κ2) is 7.27. The van der Waals surface area contributed by atoms with Crippen molar-refractivity contribution in [1.82, 2.24) is 16.0 Å². The topological polar surface area (TPSA) is 70.2 Å². The predicted molar refractivity (Wildman–Crippen MR) is 66.6 cm³/mol. The van der Waals surface area contributed by atoms with Gasteiger partial charge in [0.1, 0.15) is 0 Å². The lowest BCUT2D eigenvalue weighted by Crippen LogP contribution is -2.48. The number of urea groups is 1. The van der Waals surface area contributed by atoms with Gasteiger partial charge in [-0.3, -0.25) is 10.1 Å². The number of nitrogens with one attached hydrogen (secondary N) is 3. The smallest absolute Gasteiger partial charge is 0.321 e. The summed E-state index contributed by atoms with van der Waals surface area (Å²) < 4.78 is 0. The number of imide groups is 1. The van der Waals surface area contributed by atoms with E-state index in [1.165, 1.54) is 19.3 Å². The molecule has 5 heteroatoms. The van der Waals surface area contributed by atoms with Crippen LogP contribution in [0.3, 0.4) is 0 Å². The highest BCUT2D eigenvalue weighted by molar-refractivity contribution is 5.96. The molecule has 98 valence electrons. The maximum absolute atomic E-state index is 11.5. The zero-order valence-corrected chi connectivity index (χ0v) is 10.7. The second-order valence-corrected chi connectivity index (χ2v) is 4.61. The largest absolute Gasteiger partial charge is 0.338 e. The van der Waals surface area contributed by atoms with Crippen LogP contribution in [0.4, 0.5) is 4.79 Å². The number of amides is 3. The van der Waals surface area contributed by atoms with Gasteiger partial charge in [-0.15, -0.1) is 0 Å². The van der Waals surface area contributed by atoms with Crippen molar-refractivity contribution < 1.29 is 9.59 Å². The number of hydrogen-bond donors (Lipinski definition) is 3. The van der Waals surface area contributed by atoms with Gasteiger partial charge >= 0.3 is 6.03 Å². The summed E-state index contributed by atoms with van der Waals surface area (Å²) in [6, 6.07) is -0.749. The molecule has 0 aromatic carbocycles. The molecule has 0 bridgehead atoms. The van der Waals surface area contributed by atoms with Gasteiger partial charge in [0.05, 0.1) is 6.04 Å². The van der Waals surface area contributed by atoms with E-state index in [1.807, 2.05) is 6.92 Å². The highest BCUT2D eigenvalue weighted by Crippen LogP contribution is 2.33. The van der Waals surface area contributed by atoms with Crippen molar-refractivity contribution in [2.24, 2.45) is 5.92 Å². The minimum absolute atomic E-state index is 0.276. The first-order valence-electron chi connectivity index (χ1n) is 6.45. The minimum atomic E-state index is -0.427. The van der Waals surface area contributed by atoms with Crippen LogP contribution in [0.15, 0.2) is 0 Å². The lowest BCUT2D eigenvalue weighted by atomic mass is 10.2. The summed E-state index contributed by atoms with van der Waals surface area (Å²) in [7, 11) is 0. The van der Waals surface area contributed by atoms with Gasteiger partial charge < -0.3 is 10.6 Å². The van der Waals surface area contributed by atoms with Crippen LogP contribution in [0.5, 0.6) is 0 Å². The third-order valence-corrected chi connectivity index (χ3v) is 2.90. The molecule has 1 unspecified atom stereocenters. The summed E-state index contributed by atoms with van der Waals surface area (Å²) in [5.41, 5.74) is 0. The molecule has 1 rings (SSSR count). The molecule has 1 fully saturated rings. The van der Waals surface area contributed by atoms with Crippen LogP contribution >= 0.6 is 0 Å². The van der Waals surface area contributed by atoms with Gasteiger partial charge in [-0.05, 0) is 39.2 Å². The maximum atomic E-state index is 11.5. The van der Waals surface area contributed by atoms with E-state index in [0.29, 0.717) is 6.54 Å². The van der Waals surface area contributed by atoms with E-state index in [0.717, 1.165) is 18.9 Å². The molecule has 0 aromatic heterocycles. The monoisotopic (exact) mass is 241 g/mol. The van der Waals surface area contributed by atoms with Crippen LogP contribution in [0.2, 0.25) is 0 Å². The van der Waals surface area contributed by atoms with E-state index >= 15 is 0 Å². The zero-order chi connectivity index (χ0) is 12.7. The van der Waals surface area contributed by atoms with Crippen LogP contribution in [-0.2, 0) is 4.79 Å². The molecule has 0 radical (unpaired) electrons. The summed E-state index contributed by atoms with van der Waals surface area (Å²) in [6.45, 7) is 4.93. The van der Waals surface area contributed by atoms with Crippen molar-refractivity contribution >= 4 is 11.9 Å². The molecule has 1 saturated carbocycles. The van der Waals surface area contributed by atoms with E-state index in [4.69, 9.17) is 0 Å². The number of rotatable bonds is 7. The average molecular weight is 241 g/mol. The molecular formula is C12H23N3O2. The van der Waals surface area contributed by atoms with Gasteiger partial charge in [-0.2, -0.15) is 0 Å². The van der Waals surface area contributed by atoms with E-state index < -0.39 is 6.03 Å². The number of carbonyl (C=O) groups is 2. The van der Waals surface area contributed by atoms with Crippen LogP contribution in [-0.4, -0.2) is 31.1 Å². The Morgan fingerprint density at radius 3 is 2.65 bits per heavy atom. The van der Waals surface area contributed by atoms with Gasteiger partial charge in [0.2, 0.25) is 5.91 Å². The second-order valence-electron chi connectivity index (χ2n) is 4.61. The van der Waals surface area contributed by atoms with Gasteiger partial charge in [0.25, 0.3) is 0 Å². The van der Waals surface area contributed by atoms with Crippen LogP contribution in [0, 0.1) is 5.92 Å². The van der Waals surface area contributed by atoms with Crippen LogP contribution < -0.4 is 16.0 Å². The van der Waals surface area contributed by atoms with Gasteiger partial charge in [-0.25, -0.2) is 4.79 Å². The quantitative estimate of drug-likeness (QED) is 0.582. The van der Waals surface area contributed by atoms with Crippen molar-refractivity contribution in [2.45, 2.75) is 45.6 Å². The Balaban J connectivity index is 2.05. The summed E-state index contributed by atoms with van der Waals surface area (Å²) in [5.74, 6) is 0.652. The van der Waals surface area contributed by atoms with E-state index in [-0.39, 0.29) is 11.9 Å². The van der Waals surface area contributed by atoms with Crippen molar-refractivity contribution in [1.29, 1.82) is 0 Å². The first-order chi connectivity index (χ1) is 8.13. The molecule has 0 saturated heterocycles. The van der Waals surface area contributed by atoms with Gasteiger partial charge in [-0.1, -0.05) is 12.8 Å². The van der Waals surface area contributed by atoms with Crippen LogP contribution in [0.1, 0.15) is 39.5 Å². The van der Waals surface area contributed by atoms with Crippen LogP contribution in [0.25, 0.3) is 0 Å². The SMILES string of the molecule is CCNC(=O)NC(=O)C(C)NCCCC1CC1. The van der Waals surface area contributed by atoms with Gasteiger partial charge in [0.15, 0.2) is 0 Å². The fourth-order valence-electron chi connectivity index (χ4n) is 1.63. The molecule has 0 heterocycles. The summed E-state index contributed by atoms with van der Waals surface area (Å²) >= 11 is 0. The van der Waals surface area contributed by atoms with E-state index in [9.17, 15) is 9.59 Å². The molecule has 0 spiro atoms. The fourth-order valence-corrected chi connectivity index (χ4v) is 1.63.